The highest BCUT2D eigenvalue weighted by atomic mass is 16.7. The summed E-state index contributed by atoms with van der Waals surface area (Å²) in [5, 5.41) is 5.27. The summed E-state index contributed by atoms with van der Waals surface area (Å²) in [7, 11) is 1.71. The number of ether oxygens (including phenoxy) is 2. The van der Waals surface area contributed by atoms with Crippen LogP contribution in [0, 0.1) is 6.92 Å². The molecule has 1 atom stereocenters. The molecule has 1 fully saturated rings. The lowest BCUT2D eigenvalue weighted by molar-refractivity contribution is -0.133. The minimum absolute atomic E-state index is 0.0847. The molecule has 2 aliphatic rings. The minimum atomic E-state index is -1.24. The molecule has 5 rings (SSSR count). The fourth-order valence-electron chi connectivity index (χ4n) is 4.50. The van der Waals surface area contributed by atoms with Gasteiger partial charge >= 0.3 is 6.03 Å². The van der Waals surface area contributed by atoms with Crippen molar-refractivity contribution in [3.63, 3.8) is 0 Å². The van der Waals surface area contributed by atoms with E-state index in [4.69, 9.17) is 9.47 Å². The molecule has 4 amide bonds. The first-order valence-electron chi connectivity index (χ1n) is 11.3. The molecular formula is C25H25N5O6. The van der Waals surface area contributed by atoms with Crippen LogP contribution in [0.5, 0.6) is 11.5 Å². The molecule has 0 bridgehead atoms. The van der Waals surface area contributed by atoms with Gasteiger partial charge in [0.2, 0.25) is 12.7 Å². The maximum Gasteiger partial charge on any atom is 0.325 e. The van der Waals surface area contributed by atoms with Crippen molar-refractivity contribution in [2.45, 2.75) is 25.8 Å². The van der Waals surface area contributed by atoms with E-state index in [1.807, 2.05) is 6.07 Å². The van der Waals surface area contributed by atoms with E-state index in [9.17, 15) is 19.2 Å². The van der Waals surface area contributed by atoms with Gasteiger partial charge in [0, 0.05) is 13.5 Å². The Balaban J connectivity index is 1.31. The lowest BCUT2D eigenvalue weighted by Gasteiger charge is -2.21. The maximum atomic E-state index is 13.2. The highest BCUT2D eigenvalue weighted by Gasteiger charge is 2.48. The predicted molar refractivity (Wildman–Crippen MR) is 129 cm³/mol. The van der Waals surface area contributed by atoms with E-state index in [2.05, 4.69) is 10.6 Å². The Hall–Kier alpha value is -4.54. The van der Waals surface area contributed by atoms with Crippen molar-refractivity contribution in [1.29, 1.82) is 0 Å². The Kier molecular flexibility index (Phi) is 5.54. The van der Waals surface area contributed by atoms with Gasteiger partial charge in [0.1, 0.15) is 17.8 Å². The highest BCUT2D eigenvalue weighted by molar-refractivity contribution is 6.10. The predicted octanol–water partition coefficient (Wildman–Crippen LogP) is 1.70. The van der Waals surface area contributed by atoms with Crippen molar-refractivity contribution in [2.75, 3.05) is 18.7 Å². The standard InChI is InChI=1S/C25H25N5O6/c1-15-21(22(32)30(28(15)3)17-7-5-4-6-8-17)26-20(31)13-29-23(33)25(2,27-24(29)34)12-16-9-10-18-19(11-16)36-14-35-18/h4-11H,12-14H2,1-3H3,(H,26,31)(H,27,34)/t25-/m0/s1. The van der Waals surface area contributed by atoms with Crippen LogP contribution < -0.4 is 25.7 Å². The Morgan fingerprint density at radius 3 is 2.56 bits per heavy atom. The fourth-order valence-corrected chi connectivity index (χ4v) is 4.50. The van der Waals surface area contributed by atoms with Gasteiger partial charge in [0.25, 0.3) is 11.5 Å². The van der Waals surface area contributed by atoms with Crippen LogP contribution in [0.4, 0.5) is 10.5 Å². The molecule has 1 aromatic heterocycles. The number of nitrogens with zero attached hydrogens (tertiary/aromatic N) is 3. The zero-order valence-electron chi connectivity index (χ0n) is 20.0. The summed E-state index contributed by atoms with van der Waals surface area (Å²) in [5.41, 5.74) is 0.362. The molecule has 0 radical (unpaired) electrons. The van der Waals surface area contributed by atoms with Crippen LogP contribution in [0.1, 0.15) is 18.2 Å². The largest absolute Gasteiger partial charge is 0.454 e. The second-order valence-corrected chi connectivity index (χ2v) is 9.00. The van der Waals surface area contributed by atoms with Crippen LogP contribution in [0.3, 0.4) is 0 Å². The second-order valence-electron chi connectivity index (χ2n) is 9.00. The van der Waals surface area contributed by atoms with Crippen LogP contribution in [-0.2, 0) is 23.1 Å². The molecule has 0 saturated carbocycles. The van der Waals surface area contributed by atoms with Gasteiger partial charge in [-0.1, -0.05) is 24.3 Å². The molecule has 11 heteroatoms. The Labute approximate surface area is 206 Å². The third kappa shape index (κ3) is 3.88. The summed E-state index contributed by atoms with van der Waals surface area (Å²) in [6, 6.07) is 13.6. The number of amides is 4. The average Bonchev–Trinajstić information content (AvgIpc) is 3.46. The summed E-state index contributed by atoms with van der Waals surface area (Å²) in [6.45, 7) is 2.91. The van der Waals surface area contributed by atoms with Gasteiger partial charge in [-0.15, -0.1) is 0 Å². The molecule has 0 spiro atoms. The molecule has 3 aromatic rings. The summed E-state index contributed by atoms with van der Waals surface area (Å²) in [4.78, 5) is 52.6. The quantitative estimate of drug-likeness (QED) is 0.506. The van der Waals surface area contributed by atoms with Crippen LogP contribution in [0.25, 0.3) is 5.69 Å². The number of carbonyl (C=O) groups is 3. The highest BCUT2D eigenvalue weighted by Crippen LogP contribution is 2.34. The Morgan fingerprint density at radius 1 is 1.08 bits per heavy atom. The number of benzene rings is 2. The van der Waals surface area contributed by atoms with E-state index in [1.165, 1.54) is 4.68 Å². The molecule has 11 nitrogen and oxygen atoms in total. The number of fused-ring (bicyclic) bond motifs is 1. The molecule has 0 aliphatic carbocycles. The Bertz CT molecular complexity index is 1440. The normalized spacial score (nSPS) is 18.5. The monoisotopic (exact) mass is 491 g/mol. The van der Waals surface area contributed by atoms with Gasteiger partial charge in [-0.05, 0) is 43.7 Å². The molecular weight excluding hydrogens is 466 g/mol. The van der Waals surface area contributed by atoms with E-state index in [0.29, 0.717) is 22.9 Å². The summed E-state index contributed by atoms with van der Waals surface area (Å²) >= 11 is 0. The SMILES string of the molecule is Cc1c(NC(=O)CN2C(=O)N[C@@](C)(Cc3ccc4c(c3)OCO4)C2=O)c(=O)n(-c2ccccc2)n1C. The van der Waals surface area contributed by atoms with Crippen molar-refractivity contribution in [3.8, 4) is 17.2 Å². The molecule has 2 aromatic carbocycles. The smallest absolute Gasteiger partial charge is 0.325 e. The van der Waals surface area contributed by atoms with E-state index < -0.39 is 35.5 Å². The van der Waals surface area contributed by atoms with Crippen molar-refractivity contribution < 1.29 is 23.9 Å². The first-order chi connectivity index (χ1) is 17.2. The van der Waals surface area contributed by atoms with Crippen molar-refractivity contribution in [3.05, 3.63) is 70.1 Å². The third-order valence-corrected chi connectivity index (χ3v) is 6.46. The zero-order valence-corrected chi connectivity index (χ0v) is 20.0. The number of hydrogen-bond donors (Lipinski definition) is 2. The number of carbonyl (C=O) groups excluding carboxylic acids is 3. The van der Waals surface area contributed by atoms with Crippen molar-refractivity contribution in [2.24, 2.45) is 7.05 Å². The molecule has 186 valence electrons. The van der Waals surface area contributed by atoms with Crippen LogP contribution in [0.15, 0.2) is 53.3 Å². The van der Waals surface area contributed by atoms with Gasteiger partial charge in [-0.3, -0.25) is 24.0 Å². The van der Waals surface area contributed by atoms with Crippen molar-refractivity contribution >= 4 is 23.5 Å². The van der Waals surface area contributed by atoms with E-state index >= 15 is 0 Å². The van der Waals surface area contributed by atoms with E-state index in [-0.39, 0.29) is 18.9 Å². The van der Waals surface area contributed by atoms with Gasteiger partial charge < -0.3 is 20.1 Å². The van der Waals surface area contributed by atoms with Gasteiger partial charge in [0.15, 0.2) is 11.5 Å². The number of hydrogen-bond acceptors (Lipinski definition) is 6. The average molecular weight is 492 g/mol. The number of aromatic nitrogens is 2. The Morgan fingerprint density at radius 2 is 1.81 bits per heavy atom. The van der Waals surface area contributed by atoms with E-state index in [1.54, 1.807) is 68.0 Å². The van der Waals surface area contributed by atoms with Gasteiger partial charge in [-0.2, -0.15) is 0 Å². The molecule has 2 N–H and O–H groups in total. The number of imide groups is 1. The third-order valence-electron chi connectivity index (χ3n) is 6.46. The lowest BCUT2D eigenvalue weighted by Crippen LogP contribution is -2.46. The number of rotatable bonds is 6. The van der Waals surface area contributed by atoms with E-state index in [0.717, 1.165) is 10.5 Å². The van der Waals surface area contributed by atoms with Gasteiger partial charge in [0.05, 0.1) is 11.4 Å². The molecule has 3 heterocycles. The molecule has 1 saturated heterocycles. The zero-order chi connectivity index (χ0) is 25.6. The number of anilines is 1. The molecule has 2 aliphatic heterocycles. The first kappa shape index (κ1) is 23.2. The minimum Gasteiger partial charge on any atom is -0.454 e. The summed E-state index contributed by atoms with van der Waals surface area (Å²) in [6.07, 6.45) is 0.200. The first-order valence-corrected chi connectivity index (χ1v) is 11.3. The maximum absolute atomic E-state index is 13.2. The van der Waals surface area contributed by atoms with Crippen molar-refractivity contribution in [1.82, 2.24) is 19.6 Å². The lowest BCUT2D eigenvalue weighted by atomic mass is 9.92. The number of urea groups is 1. The van der Waals surface area contributed by atoms with Crippen LogP contribution in [0.2, 0.25) is 0 Å². The summed E-state index contributed by atoms with van der Waals surface area (Å²) < 4.78 is 13.8. The van der Waals surface area contributed by atoms with Crippen LogP contribution in [-0.4, -0.2) is 51.0 Å². The second kappa shape index (κ2) is 8.59. The van der Waals surface area contributed by atoms with Crippen LogP contribution >= 0.6 is 0 Å². The molecule has 0 unspecified atom stereocenters. The molecule has 36 heavy (non-hydrogen) atoms. The number of nitrogens with one attached hydrogen (secondary N) is 2. The van der Waals surface area contributed by atoms with Gasteiger partial charge in [-0.25, -0.2) is 9.48 Å². The fraction of sp³-hybridized carbons (Fsp3) is 0.280. The number of para-hydroxylation sites is 1. The topological polar surface area (TPSA) is 124 Å². The summed E-state index contributed by atoms with van der Waals surface area (Å²) in [5.74, 6) is -0.00125.